The maximum atomic E-state index is 13.5. The Hall–Kier alpha value is -3.40. The fraction of sp³-hybridized carbons (Fsp3) is 0.429. The molecule has 1 amide bonds. The van der Waals surface area contributed by atoms with Crippen LogP contribution in [-0.2, 0) is 19.4 Å². The van der Waals surface area contributed by atoms with E-state index in [0.29, 0.717) is 30.8 Å². The highest BCUT2D eigenvalue weighted by Gasteiger charge is 2.41. The minimum atomic E-state index is -4.78. The molecule has 1 aromatic rings. The van der Waals surface area contributed by atoms with Gasteiger partial charge in [0.25, 0.3) is 5.91 Å². The van der Waals surface area contributed by atoms with Gasteiger partial charge in [0.05, 0.1) is 40.5 Å². The zero-order chi connectivity index (χ0) is 29.6. The molecule has 0 aromatic heterocycles. The minimum Gasteiger partial charge on any atom is -0.494 e. The molecule has 2 aliphatic carbocycles. The maximum Gasteiger partial charge on any atom is 0.414 e. The highest BCUT2D eigenvalue weighted by atomic mass is 32.2. The first kappa shape index (κ1) is 31.1. The maximum absolute atomic E-state index is 13.5. The summed E-state index contributed by atoms with van der Waals surface area (Å²) in [6.45, 7) is 2.27. The Balaban J connectivity index is 1.77. The first-order valence-electron chi connectivity index (χ1n) is 12.7. The molecule has 0 aliphatic heterocycles. The van der Waals surface area contributed by atoms with Gasteiger partial charge in [0.15, 0.2) is 15.4 Å². The number of ether oxygens (including phenoxy) is 1. The summed E-state index contributed by atoms with van der Waals surface area (Å²) in [4.78, 5) is 12.8. The molecule has 0 saturated heterocycles. The molecule has 0 heterocycles. The van der Waals surface area contributed by atoms with Gasteiger partial charge in [0.2, 0.25) is 0 Å². The number of rotatable bonds is 11. The molecule has 216 valence electrons. The topological polar surface area (TPSA) is 129 Å². The van der Waals surface area contributed by atoms with E-state index >= 15 is 0 Å². The number of aliphatic hydroxyl groups is 1. The van der Waals surface area contributed by atoms with Gasteiger partial charge in [-0.15, -0.1) is 0 Å². The molecule has 1 aromatic carbocycles. The van der Waals surface area contributed by atoms with Crippen LogP contribution in [0.5, 0.6) is 0 Å². The normalized spacial score (nSPS) is 19.3. The zero-order valence-electron chi connectivity index (χ0n) is 22.2. The quantitative estimate of drug-likeness (QED) is 0.341. The van der Waals surface area contributed by atoms with E-state index < -0.39 is 56.9 Å². The SMILES string of the molecule is CNCCCOC1=CCCC(c2ccccc2S(=O)(=O)CC(C)(O)C(=O)NC2C=CC(C#N)=C(C(F)(F)F)C2)=C1. The Kier molecular flexibility index (Phi) is 10.00. The highest BCUT2D eigenvalue weighted by molar-refractivity contribution is 7.91. The van der Waals surface area contributed by atoms with Gasteiger partial charge >= 0.3 is 6.18 Å². The molecule has 3 N–H and O–H groups in total. The van der Waals surface area contributed by atoms with Crippen LogP contribution in [0.15, 0.2) is 70.4 Å². The van der Waals surface area contributed by atoms with E-state index in [4.69, 9.17) is 10.00 Å². The molecule has 8 nitrogen and oxygen atoms in total. The fourth-order valence-corrected chi connectivity index (χ4v) is 6.29. The van der Waals surface area contributed by atoms with Crippen molar-refractivity contribution in [1.82, 2.24) is 10.6 Å². The first-order valence-corrected chi connectivity index (χ1v) is 14.4. The number of halogens is 3. The highest BCUT2D eigenvalue weighted by Crippen LogP contribution is 2.35. The predicted molar refractivity (Wildman–Crippen MR) is 143 cm³/mol. The average Bonchev–Trinajstić information content (AvgIpc) is 2.90. The number of nitrogens with zero attached hydrogens (tertiary/aromatic N) is 1. The molecule has 0 radical (unpaired) electrons. The Labute approximate surface area is 231 Å². The largest absolute Gasteiger partial charge is 0.494 e. The van der Waals surface area contributed by atoms with Crippen molar-refractivity contribution in [3.63, 3.8) is 0 Å². The number of hydrogen-bond acceptors (Lipinski definition) is 7. The molecular formula is C28H32F3N3O5S. The predicted octanol–water partition coefficient (Wildman–Crippen LogP) is 3.73. The zero-order valence-corrected chi connectivity index (χ0v) is 23.0. The number of carbonyl (C=O) groups is 1. The van der Waals surface area contributed by atoms with Crippen molar-refractivity contribution in [3.05, 3.63) is 71.0 Å². The van der Waals surface area contributed by atoms with Gasteiger partial charge in [-0.2, -0.15) is 18.4 Å². The van der Waals surface area contributed by atoms with Gasteiger partial charge in [-0.1, -0.05) is 24.3 Å². The Morgan fingerprint density at radius 2 is 2.00 bits per heavy atom. The van der Waals surface area contributed by atoms with Crippen LogP contribution in [0.1, 0.15) is 38.2 Å². The van der Waals surface area contributed by atoms with Crippen molar-refractivity contribution in [2.75, 3.05) is 26.0 Å². The van der Waals surface area contributed by atoms with Gasteiger partial charge in [0.1, 0.15) is 5.76 Å². The van der Waals surface area contributed by atoms with Gasteiger partial charge in [-0.25, -0.2) is 8.42 Å². The van der Waals surface area contributed by atoms with Crippen LogP contribution < -0.4 is 10.6 Å². The number of alkyl halides is 3. The summed E-state index contributed by atoms with van der Waals surface area (Å²) in [7, 11) is -2.40. The molecule has 0 saturated carbocycles. The van der Waals surface area contributed by atoms with Crippen molar-refractivity contribution >= 4 is 21.3 Å². The second-order valence-electron chi connectivity index (χ2n) is 9.79. The third-order valence-corrected chi connectivity index (χ3v) is 8.44. The van der Waals surface area contributed by atoms with Crippen LogP contribution in [-0.4, -0.2) is 63.2 Å². The summed E-state index contributed by atoms with van der Waals surface area (Å²) in [5.74, 6) is -1.52. The lowest BCUT2D eigenvalue weighted by Gasteiger charge is -2.28. The molecular weight excluding hydrogens is 547 g/mol. The summed E-state index contributed by atoms with van der Waals surface area (Å²) in [5.41, 5.74) is -2.99. The molecule has 2 atom stereocenters. The lowest BCUT2D eigenvalue weighted by Crippen LogP contribution is -2.52. The Morgan fingerprint density at radius 3 is 2.67 bits per heavy atom. The molecule has 3 rings (SSSR count). The van der Waals surface area contributed by atoms with E-state index in [1.54, 1.807) is 18.2 Å². The van der Waals surface area contributed by atoms with Crippen LogP contribution in [0.3, 0.4) is 0 Å². The molecule has 0 fully saturated rings. The second-order valence-corrected chi connectivity index (χ2v) is 11.8. The number of nitrogens with one attached hydrogen (secondary N) is 2. The monoisotopic (exact) mass is 579 g/mol. The minimum absolute atomic E-state index is 0.0794. The van der Waals surface area contributed by atoms with Crippen molar-refractivity contribution in [2.24, 2.45) is 0 Å². The molecule has 12 heteroatoms. The molecule has 2 unspecified atom stereocenters. The number of hydrogen-bond donors (Lipinski definition) is 3. The number of allylic oxidation sites excluding steroid dienone is 5. The number of sulfone groups is 1. The number of benzene rings is 1. The molecule has 2 aliphatic rings. The molecule has 0 bridgehead atoms. The van der Waals surface area contributed by atoms with Gasteiger partial charge in [-0.3, -0.25) is 4.79 Å². The molecule has 40 heavy (non-hydrogen) atoms. The summed E-state index contributed by atoms with van der Waals surface area (Å²) in [6.07, 6.45) is 2.34. The van der Waals surface area contributed by atoms with Crippen LogP contribution in [0, 0.1) is 11.3 Å². The van der Waals surface area contributed by atoms with E-state index in [1.165, 1.54) is 24.3 Å². The standard InChI is InChI=1S/C28H32F3N3O5S/c1-27(36,26(35)34-21-12-11-20(17-32)24(16-21)28(29,30)31)18-40(37,38)25-10-4-3-9-23(25)19-7-5-8-22(15-19)39-14-6-13-33-2/h3-4,8-12,15,21,33,36H,5-7,13-14,16,18H2,1-2H3,(H,34,35). The van der Waals surface area contributed by atoms with Crippen LogP contribution in [0.25, 0.3) is 5.57 Å². The number of amides is 1. The van der Waals surface area contributed by atoms with Crippen molar-refractivity contribution in [3.8, 4) is 6.07 Å². The first-order chi connectivity index (χ1) is 18.8. The van der Waals surface area contributed by atoms with Crippen LogP contribution in [0.2, 0.25) is 0 Å². The van der Waals surface area contributed by atoms with Gasteiger partial charge in [-0.05, 0) is 75.2 Å². The van der Waals surface area contributed by atoms with E-state index in [2.05, 4.69) is 10.6 Å². The summed E-state index contributed by atoms with van der Waals surface area (Å²) >= 11 is 0. The van der Waals surface area contributed by atoms with E-state index in [1.807, 2.05) is 13.1 Å². The number of nitriles is 1. The smallest absolute Gasteiger partial charge is 0.414 e. The lowest BCUT2D eigenvalue weighted by atomic mass is 9.93. The van der Waals surface area contributed by atoms with Gasteiger partial charge < -0.3 is 20.5 Å². The average molecular weight is 580 g/mol. The fourth-order valence-electron chi connectivity index (χ4n) is 4.45. The Bertz CT molecular complexity index is 1390. The third-order valence-electron chi connectivity index (χ3n) is 6.47. The summed E-state index contributed by atoms with van der Waals surface area (Å²) in [6, 6.07) is 6.53. The van der Waals surface area contributed by atoms with Crippen molar-refractivity contribution in [1.29, 1.82) is 5.26 Å². The third kappa shape index (κ3) is 7.84. The summed E-state index contributed by atoms with van der Waals surface area (Å²) < 4.78 is 72.8. The number of carbonyl (C=O) groups excluding carboxylic acids is 1. The van der Waals surface area contributed by atoms with E-state index in [-0.39, 0.29) is 4.90 Å². The Morgan fingerprint density at radius 1 is 1.27 bits per heavy atom. The van der Waals surface area contributed by atoms with Crippen molar-refractivity contribution in [2.45, 2.75) is 55.3 Å². The molecule has 0 spiro atoms. The van der Waals surface area contributed by atoms with E-state index in [0.717, 1.165) is 31.5 Å². The van der Waals surface area contributed by atoms with Crippen LogP contribution >= 0.6 is 0 Å². The lowest BCUT2D eigenvalue weighted by molar-refractivity contribution is -0.136. The van der Waals surface area contributed by atoms with Gasteiger partial charge in [0, 0.05) is 6.42 Å². The summed E-state index contributed by atoms with van der Waals surface area (Å²) in [5, 5.41) is 25.1. The van der Waals surface area contributed by atoms with Crippen LogP contribution in [0.4, 0.5) is 13.2 Å². The van der Waals surface area contributed by atoms with E-state index in [9.17, 15) is 31.5 Å². The van der Waals surface area contributed by atoms with Crippen molar-refractivity contribution < 1.29 is 36.2 Å². The second kappa shape index (κ2) is 12.8.